The van der Waals surface area contributed by atoms with Crippen LogP contribution in [0.2, 0.25) is 0 Å². The summed E-state index contributed by atoms with van der Waals surface area (Å²) in [5.74, 6) is 0.577. The molecule has 2 aromatic carbocycles. The van der Waals surface area contributed by atoms with E-state index in [4.69, 9.17) is 9.72 Å². The van der Waals surface area contributed by atoms with E-state index < -0.39 is 0 Å². The summed E-state index contributed by atoms with van der Waals surface area (Å²) in [4.78, 5) is 22.3. The van der Waals surface area contributed by atoms with Gasteiger partial charge in [0.15, 0.2) is 0 Å². The molecule has 4 rings (SSSR count). The molecule has 0 spiro atoms. The number of hydrogen-bond acceptors (Lipinski definition) is 4. The van der Waals surface area contributed by atoms with Crippen LogP contribution in [0.3, 0.4) is 0 Å². The van der Waals surface area contributed by atoms with Crippen LogP contribution in [0.15, 0.2) is 79.0 Å². The quantitative estimate of drug-likeness (QED) is 0.538. The van der Waals surface area contributed by atoms with Crippen molar-refractivity contribution >= 4 is 16.8 Å². The maximum Gasteiger partial charge on any atom is 0.252 e. The molecule has 144 valence electrons. The SMILES string of the molecule is COc1ccccc1[C@@H](C)NC(=O)c1cc(-c2ccccn2)nc2ccccc12. The maximum absolute atomic E-state index is 13.2. The molecule has 1 amide bonds. The molecule has 0 radical (unpaired) electrons. The van der Waals surface area contributed by atoms with Crippen LogP contribution >= 0.6 is 0 Å². The van der Waals surface area contributed by atoms with Crippen molar-refractivity contribution in [2.75, 3.05) is 7.11 Å². The molecular weight excluding hydrogens is 362 g/mol. The summed E-state index contributed by atoms with van der Waals surface area (Å²) >= 11 is 0. The molecule has 4 aromatic rings. The van der Waals surface area contributed by atoms with E-state index >= 15 is 0 Å². The number of nitrogens with one attached hydrogen (secondary N) is 1. The lowest BCUT2D eigenvalue weighted by molar-refractivity contribution is 0.0941. The number of amides is 1. The number of benzene rings is 2. The van der Waals surface area contributed by atoms with Gasteiger partial charge in [0.25, 0.3) is 5.91 Å². The summed E-state index contributed by atoms with van der Waals surface area (Å²) in [5.41, 5.74) is 3.64. The van der Waals surface area contributed by atoms with Crippen molar-refractivity contribution in [3.05, 3.63) is 90.1 Å². The molecule has 29 heavy (non-hydrogen) atoms. The Kier molecular flexibility index (Phi) is 5.20. The molecule has 2 aromatic heterocycles. The van der Waals surface area contributed by atoms with Crippen LogP contribution in [0.1, 0.15) is 28.9 Å². The predicted molar refractivity (Wildman–Crippen MR) is 114 cm³/mol. The standard InChI is InChI=1S/C24H21N3O2/c1-16(17-9-4-6-13-23(17)29-2)26-24(28)19-15-22(21-12-7-8-14-25-21)27-20-11-5-3-10-18(19)20/h3-16H,1-2H3,(H,26,28)/t16-/m1/s1. The van der Waals surface area contributed by atoms with Gasteiger partial charge in [-0.3, -0.25) is 9.78 Å². The van der Waals surface area contributed by atoms with E-state index in [9.17, 15) is 4.79 Å². The van der Waals surface area contributed by atoms with E-state index in [1.807, 2.05) is 73.7 Å². The number of fused-ring (bicyclic) bond motifs is 1. The molecular formula is C24H21N3O2. The van der Waals surface area contributed by atoms with Gasteiger partial charge in [0.05, 0.1) is 35.6 Å². The predicted octanol–water partition coefficient (Wildman–Crippen LogP) is 4.80. The molecule has 0 saturated heterocycles. The zero-order chi connectivity index (χ0) is 20.2. The van der Waals surface area contributed by atoms with Gasteiger partial charge in [0.2, 0.25) is 0 Å². The third-order valence-corrected chi connectivity index (χ3v) is 4.84. The van der Waals surface area contributed by atoms with Crippen LogP contribution in [-0.4, -0.2) is 23.0 Å². The van der Waals surface area contributed by atoms with E-state index in [-0.39, 0.29) is 11.9 Å². The third kappa shape index (κ3) is 3.80. The van der Waals surface area contributed by atoms with Crippen molar-refractivity contribution in [1.29, 1.82) is 0 Å². The number of ether oxygens (including phenoxy) is 1. The molecule has 0 fully saturated rings. The Balaban J connectivity index is 1.73. The molecule has 0 aliphatic carbocycles. The highest BCUT2D eigenvalue weighted by Gasteiger charge is 2.18. The van der Waals surface area contributed by atoms with Gasteiger partial charge in [-0.15, -0.1) is 0 Å². The van der Waals surface area contributed by atoms with Gasteiger partial charge in [0, 0.05) is 17.1 Å². The van der Waals surface area contributed by atoms with Gasteiger partial charge in [-0.25, -0.2) is 4.98 Å². The molecule has 0 aliphatic rings. The number of rotatable bonds is 5. The normalized spacial score (nSPS) is 11.8. The third-order valence-electron chi connectivity index (χ3n) is 4.84. The van der Waals surface area contributed by atoms with Gasteiger partial charge in [-0.1, -0.05) is 42.5 Å². The minimum atomic E-state index is -0.219. The second kappa shape index (κ2) is 8.10. The summed E-state index contributed by atoms with van der Waals surface area (Å²) in [6.07, 6.45) is 1.72. The summed E-state index contributed by atoms with van der Waals surface area (Å²) in [6, 6.07) is 22.5. The van der Waals surface area contributed by atoms with E-state index in [1.165, 1.54) is 0 Å². The number of pyridine rings is 2. The summed E-state index contributed by atoms with van der Waals surface area (Å²) in [7, 11) is 1.63. The van der Waals surface area contributed by atoms with Crippen LogP contribution in [0.4, 0.5) is 0 Å². The maximum atomic E-state index is 13.2. The molecule has 0 bridgehead atoms. The molecule has 1 atom stereocenters. The zero-order valence-electron chi connectivity index (χ0n) is 16.3. The van der Waals surface area contributed by atoms with E-state index in [1.54, 1.807) is 19.4 Å². The Bertz CT molecular complexity index is 1160. The smallest absolute Gasteiger partial charge is 0.252 e. The highest BCUT2D eigenvalue weighted by molar-refractivity contribution is 6.07. The Labute approximate surface area is 169 Å². The van der Waals surface area contributed by atoms with Gasteiger partial charge < -0.3 is 10.1 Å². The molecule has 0 unspecified atom stereocenters. The largest absolute Gasteiger partial charge is 0.496 e. The molecule has 2 heterocycles. The van der Waals surface area contributed by atoms with Crippen LogP contribution in [0.25, 0.3) is 22.3 Å². The topological polar surface area (TPSA) is 64.1 Å². The van der Waals surface area contributed by atoms with Crippen molar-refractivity contribution in [3.63, 3.8) is 0 Å². The molecule has 5 heteroatoms. The zero-order valence-corrected chi connectivity index (χ0v) is 16.3. The fourth-order valence-corrected chi connectivity index (χ4v) is 3.39. The number of methoxy groups -OCH3 is 1. The number of aromatic nitrogens is 2. The minimum Gasteiger partial charge on any atom is -0.496 e. The first-order valence-corrected chi connectivity index (χ1v) is 9.42. The first-order valence-electron chi connectivity index (χ1n) is 9.42. The van der Waals surface area contributed by atoms with Crippen molar-refractivity contribution in [1.82, 2.24) is 15.3 Å². The number of nitrogens with zero attached hydrogens (tertiary/aromatic N) is 2. The summed E-state index contributed by atoms with van der Waals surface area (Å²) in [5, 5.41) is 3.89. The Hall–Kier alpha value is -3.73. The van der Waals surface area contributed by atoms with Crippen molar-refractivity contribution in [2.24, 2.45) is 0 Å². The van der Waals surface area contributed by atoms with E-state index in [2.05, 4.69) is 10.3 Å². The molecule has 0 saturated carbocycles. The number of para-hydroxylation sites is 2. The van der Waals surface area contributed by atoms with Crippen molar-refractivity contribution in [3.8, 4) is 17.1 Å². The highest BCUT2D eigenvalue weighted by Crippen LogP contribution is 2.27. The highest BCUT2D eigenvalue weighted by atomic mass is 16.5. The van der Waals surface area contributed by atoms with Gasteiger partial charge in [-0.05, 0) is 37.3 Å². The Morgan fingerprint density at radius 2 is 1.72 bits per heavy atom. The lowest BCUT2D eigenvalue weighted by Crippen LogP contribution is -2.27. The Morgan fingerprint density at radius 3 is 2.52 bits per heavy atom. The fourth-order valence-electron chi connectivity index (χ4n) is 3.39. The van der Waals surface area contributed by atoms with Crippen molar-refractivity contribution in [2.45, 2.75) is 13.0 Å². The van der Waals surface area contributed by atoms with Crippen LogP contribution in [0.5, 0.6) is 5.75 Å². The average Bonchev–Trinajstić information content (AvgIpc) is 2.78. The second-order valence-corrected chi connectivity index (χ2v) is 6.72. The number of hydrogen-bond donors (Lipinski definition) is 1. The lowest BCUT2D eigenvalue weighted by atomic mass is 10.0. The van der Waals surface area contributed by atoms with Crippen LogP contribution in [0, 0.1) is 0 Å². The lowest BCUT2D eigenvalue weighted by Gasteiger charge is -2.18. The minimum absolute atomic E-state index is 0.167. The average molecular weight is 383 g/mol. The molecule has 1 N–H and O–H groups in total. The second-order valence-electron chi connectivity index (χ2n) is 6.72. The number of carbonyl (C=O) groups excluding carboxylic acids is 1. The fraction of sp³-hybridized carbons (Fsp3) is 0.125. The molecule has 0 aliphatic heterocycles. The first kappa shape index (κ1) is 18.6. The van der Waals surface area contributed by atoms with Crippen LogP contribution in [-0.2, 0) is 0 Å². The van der Waals surface area contributed by atoms with E-state index in [0.717, 1.165) is 27.9 Å². The van der Waals surface area contributed by atoms with Gasteiger partial charge in [-0.2, -0.15) is 0 Å². The summed E-state index contributed by atoms with van der Waals surface area (Å²) < 4.78 is 5.43. The van der Waals surface area contributed by atoms with E-state index in [0.29, 0.717) is 11.3 Å². The van der Waals surface area contributed by atoms with Crippen molar-refractivity contribution < 1.29 is 9.53 Å². The van der Waals surface area contributed by atoms with Gasteiger partial charge >= 0.3 is 0 Å². The first-order chi connectivity index (χ1) is 14.2. The monoisotopic (exact) mass is 383 g/mol. The molecule has 5 nitrogen and oxygen atoms in total. The summed E-state index contributed by atoms with van der Waals surface area (Å²) in [6.45, 7) is 1.94. The van der Waals surface area contributed by atoms with Gasteiger partial charge in [0.1, 0.15) is 5.75 Å². The Morgan fingerprint density at radius 1 is 0.966 bits per heavy atom. The van der Waals surface area contributed by atoms with Crippen LogP contribution < -0.4 is 10.1 Å². The number of carbonyl (C=O) groups is 1.